The van der Waals surface area contributed by atoms with Crippen molar-refractivity contribution in [2.24, 2.45) is 0 Å². The highest BCUT2D eigenvalue weighted by Gasteiger charge is 2.34. The summed E-state index contributed by atoms with van der Waals surface area (Å²) in [5.74, 6) is -0.667. The molecule has 0 saturated carbocycles. The molecule has 0 aliphatic rings. The number of ether oxygens (including phenoxy) is 1. The Balaban J connectivity index is 2.07. The molecule has 3 aromatic carbocycles. The Morgan fingerprint density at radius 1 is 0.921 bits per heavy atom. The Labute approximate surface area is 229 Å². The fourth-order valence-corrected chi connectivity index (χ4v) is 5.51. The third-order valence-corrected chi connectivity index (χ3v) is 8.00. The number of sulfonamides is 1. The third-order valence-electron chi connectivity index (χ3n) is 5.86. The van der Waals surface area contributed by atoms with Gasteiger partial charge in [-0.15, -0.1) is 0 Å². The predicted molar refractivity (Wildman–Crippen MR) is 149 cm³/mol. The molecule has 0 radical (unpaired) electrons. The molecule has 3 aromatic rings. The maximum atomic E-state index is 13.9. The molecule has 0 spiro atoms. The van der Waals surface area contributed by atoms with Gasteiger partial charge in [0.1, 0.15) is 18.3 Å². The van der Waals surface area contributed by atoms with Crippen LogP contribution in [0.1, 0.15) is 26.3 Å². The SMILES string of the molecule is COc1ccccc1N(CC(=O)N(Cc1ccccc1Cl)[C@@H](C)C(=O)NC(C)C)S(=O)(=O)c1ccccc1. The molecular formula is C28H32ClN3O5S. The summed E-state index contributed by atoms with van der Waals surface area (Å²) in [6.45, 7) is 4.69. The molecule has 0 heterocycles. The van der Waals surface area contributed by atoms with E-state index in [0.717, 1.165) is 4.31 Å². The van der Waals surface area contributed by atoms with Gasteiger partial charge in [-0.25, -0.2) is 8.42 Å². The highest BCUT2D eigenvalue weighted by molar-refractivity contribution is 7.92. The van der Waals surface area contributed by atoms with Gasteiger partial charge in [0.15, 0.2) is 0 Å². The van der Waals surface area contributed by atoms with Crippen LogP contribution in [0.4, 0.5) is 5.69 Å². The van der Waals surface area contributed by atoms with Crippen LogP contribution in [0, 0.1) is 0 Å². The van der Waals surface area contributed by atoms with Crippen molar-refractivity contribution in [1.82, 2.24) is 10.2 Å². The highest BCUT2D eigenvalue weighted by atomic mass is 35.5. The lowest BCUT2D eigenvalue weighted by Crippen LogP contribution is -2.52. The van der Waals surface area contributed by atoms with Crippen LogP contribution in [0.15, 0.2) is 83.8 Å². The van der Waals surface area contributed by atoms with E-state index in [1.807, 2.05) is 13.8 Å². The van der Waals surface area contributed by atoms with Gasteiger partial charge in [-0.05, 0) is 56.7 Å². The van der Waals surface area contributed by atoms with Gasteiger partial charge < -0.3 is 15.0 Å². The number of halogens is 1. The van der Waals surface area contributed by atoms with E-state index < -0.39 is 28.5 Å². The van der Waals surface area contributed by atoms with Crippen LogP contribution in [0.2, 0.25) is 5.02 Å². The molecule has 0 saturated heterocycles. The number of anilines is 1. The van der Waals surface area contributed by atoms with Gasteiger partial charge in [0.25, 0.3) is 10.0 Å². The van der Waals surface area contributed by atoms with Crippen molar-refractivity contribution < 1.29 is 22.7 Å². The maximum Gasteiger partial charge on any atom is 0.264 e. The van der Waals surface area contributed by atoms with Crippen LogP contribution in [-0.4, -0.2) is 50.9 Å². The molecule has 8 nitrogen and oxygen atoms in total. The summed E-state index contributed by atoms with van der Waals surface area (Å²) >= 11 is 6.37. The number of hydrogen-bond acceptors (Lipinski definition) is 5. The van der Waals surface area contributed by atoms with Crippen LogP contribution in [0.25, 0.3) is 0 Å². The van der Waals surface area contributed by atoms with E-state index in [4.69, 9.17) is 16.3 Å². The van der Waals surface area contributed by atoms with Gasteiger partial charge in [0.2, 0.25) is 11.8 Å². The summed E-state index contributed by atoms with van der Waals surface area (Å²) in [4.78, 5) is 28.2. The second-order valence-electron chi connectivity index (χ2n) is 8.95. The Morgan fingerprint density at radius 3 is 2.16 bits per heavy atom. The van der Waals surface area contributed by atoms with Gasteiger partial charge in [-0.1, -0.05) is 60.1 Å². The monoisotopic (exact) mass is 557 g/mol. The maximum absolute atomic E-state index is 13.9. The van der Waals surface area contributed by atoms with Crippen molar-refractivity contribution >= 4 is 39.1 Å². The smallest absolute Gasteiger partial charge is 0.264 e. The number of amides is 2. The average molecular weight is 558 g/mol. The minimum Gasteiger partial charge on any atom is -0.495 e. The first-order valence-corrected chi connectivity index (χ1v) is 13.9. The number of para-hydroxylation sites is 2. The second kappa shape index (κ2) is 12.8. The van der Waals surface area contributed by atoms with Crippen LogP contribution >= 0.6 is 11.6 Å². The lowest BCUT2D eigenvalue weighted by atomic mass is 10.1. The lowest BCUT2D eigenvalue weighted by Gasteiger charge is -2.32. The zero-order chi connectivity index (χ0) is 27.9. The fraction of sp³-hybridized carbons (Fsp3) is 0.286. The Hall–Kier alpha value is -3.56. The van der Waals surface area contributed by atoms with E-state index in [1.54, 1.807) is 73.7 Å². The molecule has 3 rings (SSSR count). The van der Waals surface area contributed by atoms with E-state index in [-0.39, 0.29) is 34.8 Å². The molecule has 1 N–H and O–H groups in total. The summed E-state index contributed by atoms with van der Waals surface area (Å²) in [6, 6.07) is 20.4. The number of rotatable bonds is 11. The van der Waals surface area contributed by atoms with Gasteiger partial charge in [0, 0.05) is 17.6 Å². The first kappa shape index (κ1) is 29.0. The number of nitrogens with one attached hydrogen (secondary N) is 1. The molecule has 0 unspecified atom stereocenters. The van der Waals surface area contributed by atoms with Gasteiger partial charge in [0.05, 0.1) is 17.7 Å². The van der Waals surface area contributed by atoms with Crippen LogP contribution in [0.5, 0.6) is 5.75 Å². The Bertz CT molecular complexity index is 1370. The lowest BCUT2D eigenvalue weighted by molar-refractivity contribution is -0.139. The van der Waals surface area contributed by atoms with Crippen molar-refractivity contribution in [3.8, 4) is 5.75 Å². The molecule has 202 valence electrons. The van der Waals surface area contributed by atoms with Crippen LogP contribution < -0.4 is 14.4 Å². The van der Waals surface area contributed by atoms with Crippen molar-refractivity contribution in [2.75, 3.05) is 18.0 Å². The molecule has 38 heavy (non-hydrogen) atoms. The molecule has 0 aliphatic carbocycles. The summed E-state index contributed by atoms with van der Waals surface area (Å²) in [5.41, 5.74) is 0.825. The molecule has 2 amide bonds. The number of nitrogens with zero attached hydrogens (tertiary/aromatic N) is 2. The largest absolute Gasteiger partial charge is 0.495 e. The molecule has 0 fully saturated rings. The predicted octanol–water partition coefficient (Wildman–Crippen LogP) is 4.49. The van der Waals surface area contributed by atoms with Crippen LogP contribution in [0.3, 0.4) is 0 Å². The van der Waals surface area contributed by atoms with Crippen molar-refractivity contribution in [2.45, 2.75) is 44.3 Å². The summed E-state index contributed by atoms with van der Waals surface area (Å²) in [5, 5.41) is 3.25. The molecule has 0 aliphatic heterocycles. The molecular weight excluding hydrogens is 526 g/mol. The normalized spacial score (nSPS) is 12.1. The number of carbonyl (C=O) groups is 2. The van der Waals surface area contributed by atoms with Gasteiger partial charge in [-0.2, -0.15) is 0 Å². The van der Waals surface area contributed by atoms with E-state index in [2.05, 4.69) is 5.32 Å². The molecule has 0 aromatic heterocycles. The van der Waals surface area contributed by atoms with Crippen molar-refractivity contribution in [3.05, 3.63) is 89.4 Å². The fourth-order valence-electron chi connectivity index (χ4n) is 3.87. The topological polar surface area (TPSA) is 96.0 Å². The number of carbonyl (C=O) groups excluding carboxylic acids is 2. The first-order valence-electron chi connectivity index (χ1n) is 12.1. The van der Waals surface area contributed by atoms with Crippen molar-refractivity contribution in [1.29, 1.82) is 0 Å². The summed E-state index contributed by atoms with van der Waals surface area (Å²) in [7, 11) is -2.76. The number of hydrogen-bond donors (Lipinski definition) is 1. The summed E-state index contributed by atoms with van der Waals surface area (Å²) in [6.07, 6.45) is 0. The molecule has 1 atom stereocenters. The average Bonchev–Trinajstić information content (AvgIpc) is 2.90. The highest BCUT2D eigenvalue weighted by Crippen LogP contribution is 2.32. The zero-order valence-electron chi connectivity index (χ0n) is 21.8. The first-order chi connectivity index (χ1) is 18.1. The van der Waals surface area contributed by atoms with E-state index in [0.29, 0.717) is 10.6 Å². The molecule has 10 heteroatoms. The number of methoxy groups -OCH3 is 1. The van der Waals surface area contributed by atoms with Gasteiger partial charge in [-0.3, -0.25) is 13.9 Å². The van der Waals surface area contributed by atoms with E-state index in [1.165, 1.54) is 24.1 Å². The standard InChI is InChI=1S/C28H32ClN3O5S/c1-20(2)30-28(34)21(3)31(18-22-12-8-9-15-24(22)29)27(33)19-32(25-16-10-11-17-26(25)37-4)38(35,36)23-13-6-5-7-14-23/h5-17,20-21H,18-19H2,1-4H3,(H,30,34)/t21-/m0/s1. The summed E-state index contributed by atoms with van der Waals surface area (Å²) < 4.78 is 34.1. The van der Waals surface area contributed by atoms with Crippen molar-refractivity contribution in [3.63, 3.8) is 0 Å². The second-order valence-corrected chi connectivity index (χ2v) is 11.2. The number of benzene rings is 3. The van der Waals surface area contributed by atoms with Gasteiger partial charge >= 0.3 is 0 Å². The minimum absolute atomic E-state index is 0.0103. The molecule has 0 bridgehead atoms. The quantitative estimate of drug-likeness (QED) is 0.375. The third kappa shape index (κ3) is 6.85. The van der Waals surface area contributed by atoms with Crippen LogP contribution in [-0.2, 0) is 26.2 Å². The Morgan fingerprint density at radius 2 is 1.53 bits per heavy atom. The Kier molecular flexibility index (Phi) is 9.77. The van der Waals surface area contributed by atoms with E-state index in [9.17, 15) is 18.0 Å². The van der Waals surface area contributed by atoms with E-state index >= 15 is 0 Å². The zero-order valence-corrected chi connectivity index (χ0v) is 23.4. The minimum atomic E-state index is -4.18.